The molecule has 1 aromatic carbocycles. The van der Waals surface area contributed by atoms with Gasteiger partial charge < -0.3 is 15.8 Å². The van der Waals surface area contributed by atoms with Crippen LogP contribution in [0.3, 0.4) is 0 Å². The lowest BCUT2D eigenvalue weighted by Gasteiger charge is -2.12. The maximum Gasteiger partial charge on any atom is 0.106 e. The number of rotatable bonds is 8. The second kappa shape index (κ2) is 6.87. The first-order valence-electron chi connectivity index (χ1n) is 6.89. The molecule has 2 rings (SSSR count). The van der Waals surface area contributed by atoms with E-state index in [1.165, 1.54) is 18.4 Å². The van der Waals surface area contributed by atoms with Gasteiger partial charge in [0.15, 0.2) is 0 Å². The fourth-order valence-corrected chi connectivity index (χ4v) is 2.13. The fourth-order valence-electron chi connectivity index (χ4n) is 1.95. The summed E-state index contributed by atoms with van der Waals surface area (Å²) in [5, 5.41) is 3.39. The molecule has 3 N–H and O–H groups in total. The van der Waals surface area contributed by atoms with Crippen LogP contribution in [0.5, 0.6) is 0 Å². The highest BCUT2D eigenvalue weighted by Gasteiger charge is 2.20. The average molecular weight is 278 g/mol. The van der Waals surface area contributed by atoms with Crippen LogP contribution in [0.25, 0.3) is 0 Å². The lowest BCUT2D eigenvalue weighted by molar-refractivity contribution is 0.124. The van der Waals surface area contributed by atoms with Crippen molar-refractivity contribution in [3.05, 3.63) is 29.3 Å². The van der Waals surface area contributed by atoms with Crippen molar-refractivity contribution in [2.75, 3.05) is 25.1 Å². The molecule has 0 aliphatic heterocycles. The van der Waals surface area contributed by atoms with E-state index in [1.807, 2.05) is 12.1 Å². The van der Waals surface area contributed by atoms with Crippen LogP contribution in [0.2, 0.25) is 0 Å². The van der Waals surface area contributed by atoms with Crippen molar-refractivity contribution in [3.63, 3.8) is 0 Å². The standard InChI is InChI=1S/C15H22N2OS/c1-11-3-6-13(15(16)19)14(9-11)17-7-2-8-18-10-12-4-5-12/h3,6,9,12,17H,2,4-5,7-8,10H2,1H3,(H2,16,19). The van der Waals surface area contributed by atoms with Crippen LogP contribution in [-0.4, -0.2) is 24.7 Å². The summed E-state index contributed by atoms with van der Waals surface area (Å²) < 4.78 is 5.61. The maximum absolute atomic E-state index is 5.72. The van der Waals surface area contributed by atoms with Gasteiger partial charge in [-0.05, 0) is 49.8 Å². The molecule has 1 aliphatic rings. The predicted molar refractivity (Wildman–Crippen MR) is 83.7 cm³/mol. The van der Waals surface area contributed by atoms with Crippen LogP contribution in [0.1, 0.15) is 30.4 Å². The highest BCUT2D eigenvalue weighted by molar-refractivity contribution is 7.80. The fraction of sp³-hybridized carbons (Fsp3) is 0.533. The number of anilines is 1. The molecule has 0 bridgehead atoms. The first-order chi connectivity index (χ1) is 9.16. The smallest absolute Gasteiger partial charge is 0.106 e. The van der Waals surface area contributed by atoms with Crippen LogP contribution in [0.4, 0.5) is 5.69 Å². The summed E-state index contributed by atoms with van der Waals surface area (Å²) in [7, 11) is 0. The molecule has 1 aromatic rings. The van der Waals surface area contributed by atoms with Crippen LogP contribution in [-0.2, 0) is 4.74 Å². The number of hydrogen-bond donors (Lipinski definition) is 2. The molecule has 4 heteroatoms. The topological polar surface area (TPSA) is 47.3 Å². The van der Waals surface area contributed by atoms with Gasteiger partial charge in [-0.25, -0.2) is 0 Å². The van der Waals surface area contributed by atoms with Gasteiger partial charge in [-0.15, -0.1) is 0 Å². The Kier molecular flexibility index (Phi) is 5.16. The van der Waals surface area contributed by atoms with Gasteiger partial charge in [-0.3, -0.25) is 0 Å². The lowest BCUT2D eigenvalue weighted by atomic mass is 10.1. The van der Waals surface area contributed by atoms with Crippen molar-refractivity contribution in [2.24, 2.45) is 11.7 Å². The second-order valence-corrected chi connectivity index (χ2v) is 5.65. The number of benzene rings is 1. The molecular weight excluding hydrogens is 256 g/mol. The Morgan fingerprint density at radius 1 is 1.47 bits per heavy atom. The Balaban J connectivity index is 1.74. The van der Waals surface area contributed by atoms with Crippen molar-refractivity contribution >= 4 is 22.9 Å². The van der Waals surface area contributed by atoms with Gasteiger partial charge in [0.1, 0.15) is 4.99 Å². The molecular formula is C15H22N2OS. The van der Waals surface area contributed by atoms with E-state index in [1.54, 1.807) is 0 Å². The monoisotopic (exact) mass is 278 g/mol. The zero-order valence-electron chi connectivity index (χ0n) is 11.4. The molecule has 1 saturated carbocycles. The van der Waals surface area contributed by atoms with E-state index in [0.29, 0.717) is 4.99 Å². The zero-order valence-corrected chi connectivity index (χ0v) is 12.3. The number of ether oxygens (including phenoxy) is 1. The second-order valence-electron chi connectivity index (χ2n) is 5.21. The molecule has 0 saturated heterocycles. The third-order valence-corrected chi connectivity index (χ3v) is 3.49. The first kappa shape index (κ1) is 14.3. The zero-order chi connectivity index (χ0) is 13.7. The van der Waals surface area contributed by atoms with E-state index < -0.39 is 0 Å². The number of nitrogens with one attached hydrogen (secondary N) is 1. The summed E-state index contributed by atoms with van der Waals surface area (Å²) in [4.78, 5) is 0.437. The number of thiocarbonyl (C=S) groups is 1. The largest absolute Gasteiger partial charge is 0.389 e. The number of nitrogens with two attached hydrogens (primary N) is 1. The highest BCUT2D eigenvalue weighted by Crippen LogP contribution is 2.28. The minimum atomic E-state index is 0.437. The van der Waals surface area contributed by atoms with Crippen LogP contribution < -0.4 is 11.1 Å². The Morgan fingerprint density at radius 3 is 2.95 bits per heavy atom. The summed E-state index contributed by atoms with van der Waals surface area (Å²) in [5.74, 6) is 0.839. The normalized spacial score (nSPS) is 14.4. The minimum absolute atomic E-state index is 0.437. The lowest BCUT2D eigenvalue weighted by Crippen LogP contribution is -2.14. The Labute approximate surface area is 120 Å². The maximum atomic E-state index is 5.72. The summed E-state index contributed by atoms with van der Waals surface area (Å²) in [6.45, 7) is 4.69. The van der Waals surface area contributed by atoms with Gasteiger partial charge in [-0.1, -0.05) is 18.3 Å². The van der Waals surface area contributed by atoms with Gasteiger partial charge in [0.25, 0.3) is 0 Å². The van der Waals surface area contributed by atoms with Crippen molar-refractivity contribution in [1.29, 1.82) is 0 Å². The van der Waals surface area contributed by atoms with E-state index in [0.717, 1.165) is 43.3 Å². The Hall–Kier alpha value is -1.13. The third kappa shape index (κ3) is 4.80. The Bertz CT molecular complexity index is 444. The molecule has 1 aliphatic carbocycles. The van der Waals surface area contributed by atoms with E-state index in [2.05, 4.69) is 18.3 Å². The van der Waals surface area contributed by atoms with E-state index >= 15 is 0 Å². The van der Waals surface area contributed by atoms with E-state index in [4.69, 9.17) is 22.7 Å². The first-order valence-corrected chi connectivity index (χ1v) is 7.29. The average Bonchev–Trinajstić information content (AvgIpc) is 3.17. The van der Waals surface area contributed by atoms with Gasteiger partial charge in [0, 0.05) is 31.0 Å². The molecule has 1 fully saturated rings. The summed E-state index contributed by atoms with van der Waals surface area (Å²) in [5.41, 5.74) is 8.86. The number of aryl methyl sites for hydroxylation is 1. The predicted octanol–water partition coefficient (Wildman–Crippen LogP) is 2.86. The van der Waals surface area contributed by atoms with Crippen LogP contribution >= 0.6 is 12.2 Å². The molecule has 0 unspecified atom stereocenters. The minimum Gasteiger partial charge on any atom is -0.389 e. The quantitative estimate of drug-likeness (QED) is 0.567. The summed E-state index contributed by atoms with van der Waals surface area (Å²) in [6, 6.07) is 6.08. The van der Waals surface area contributed by atoms with Crippen LogP contribution in [0.15, 0.2) is 18.2 Å². The molecule has 0 heterocycles. The summed E-state index contributed by atoms with van der Waals surface area (Å²) >= 11 is 5.06. The van der Waals surface area contributed by atoms with Gasteiger partial charge in [0.05, 0.1) is 0 Å². The Morgan fingerprint density at radius 2 is 2.26 bits per heavy atom. The van der Waals surface area contributed by atoms with E-state index in [9.17, 15) is 0 Å². The molecule has 0 amide bonds. The molecule has 0 spiro atoms. The molecule has 19 heavy (non-hydrogen) atoms. The highest BCUT2D eigenvalue weighted by atomic mass is 32.1. The molecule has 3 nitrogen and oxygen atoms in total. The summed E-state index contributed by atoms with van der Waals surface area (Å²) in [6.07, 6.45) is 3.69. The SMILES string of the molecule is Cc1ccc(C(N)=S)c(NCCCOCC2CC2)c1. The molecule has 0 aromatic heterocycles. The molecule has 0 atom stereocenters. The van der Waals surface area contributed by atoms with Gasteiger partial charge >= 0.3 is 0 Å². The van der Waals surface area contributed by atoms with Crippen molar-refractivity contribution in [3.8, 4) is 0 Å². The molecule has 104 valence electrons. The third-order valence-electron chi connectivity index (χ3n) is 3.27. The van der Waals surface area contributed by atoms with Gasteiger partial charge in [-0.2, -0.15) is 0 Å². The van der Waals surface area contributed by atoms with Crippen molar-refractivity contribution in [2.45, 2.75) is 26.2 Å². The van der Waals surface area contributed by atoms with Gasteiger partial charge in [0.2, 0.25) is 0 Å². The van der Waals surface area contributed by atoms with Crippen LogP contribution in [0, 0.1) is 12.8 Å². The van der Waals surface area contributed by atoms with Crippen molar-refractivity contribution < 1.29 is 4.74 Å². The van der Waals surface area contributed by atoms with E-state index in [-0.39, 0.29) is 0 Å². The van der Waals surface area contributed by atoms with Crippen molar-refractivity contribution in [1.82, 2.24) is 0 Å². The molecule has 0 radical (unpaired) electrons. The number of hydrogen-bond acceptors (Lipinski definition) is 3.